The molecule has 32 heavy (non-hydrogen) atoms. The first-order chi connectivity index (χ1) is 15.5. The van der Waals surface area contributed by atoms with Crippen molar-refractivity contribution in [2.24, 2.45) is 0 Å². The highest BCUT2D eigenvalue weighted by atomic mass is 16.5. The molecule has 168 valence electrons. The van der Waals surface area contributed by atoms with E-state index in [9.17, 15) is 4.79 Å². The van der Waals surface area contributed by atoms with Gasteiger partial charge < -0.3 is 18.8 Å². The van der Waals surface area contributed by atoms with E-state index in [1.54, 1.807) is 12.3 Å². The van der Waals surface area contributed by atoms with Crippen LogP contribution in [-0.2, 0) is 4.79 Å². The number of aryl methyl sites for hydroxylation is 1. The number of likely N-dealkylation sites (tertiary alicyclic amines) is 1. The molecule has 0 bridgehead atoms. The minimum atomic E-state index is 0.0686. The second-order valence-corrected chi connectivity index (χ2v) is 8.15. The molecule has 0 radical (unpaired) electrons. The zero-order valence-corrected chi connectivity index (χ0v) is 19.4. The predicted octanol–water partition coefficient (Wildman–Crippen LogP) is 6.23. The van der Waals surface area contributed by atoms with Gasteiger partial charge in [0.2, 0.25) is 5.91 Å². The lowest BCUT2D eigenvalue weighted by atomic mass is 9.96. The molecule has 1 aromatic heterocycles. The fraction of sp³-hybridized carbons (Fsp3) is 0.370. The van der Waals surface area contributed by atoms with Gasteiger partial charge in [-0.1, -0.05) is 12.1 Å². The Bertz CT molecular complexity index is 1130. The van der Waals surface area contributed by atoms with E-state index in [2.05, 4.69) is 6.07 Å². The zero-order chi connectivity index (χ0) is 22.7. The minimum absolute atomic E-state index is 0.0686. The number of benzene rings is 2. The predicted molar refractivity (Wildman–Crippen MR) is 128 cm³/mol. The Morgan fingerprint density at radius 1 is 1.09 bits per heavy atom. The van der Waals surface area contributed by atoms with E-state index in [1.165, 1.54) is 0 Å². The van der Waals surface area contributed by atoms with Gasteiger partial charge in [0.15, 0.2) is 0 Å². The molecule has 0 saturated carbocycles. The molecule has 2 heterocycles. The topological polar surface area (TPSA) is 51.9 Å². The number of hydrogen-bond donors (Lipinski definition) is 0. The lowest BCUT2D eigenvalue weighted by Gasteiger charge is -2.16. The van der Waals surface area contributed by atoms with Crippen LogP contribution in [0.3, 0.4) is 0 Å². The minimum Gasteiger partial charge on any atom is -0.494 e. The van der Waals surface area contributed by atoms with E-state index in [1.807, 2.05) is 56.9 Å². The van der Waals surface area contributed by atoms with Crippen molar-refractivity contribution in [1.82, 2.24) is 4.90 Å². The van der Waals surface area contributed by atoms with Gasteiger partial charge in [0.1, 0.15) is 17.1 Å². The second kappa shape index (κ2) is 9.51. The Kier molecular flexibility index (Phi) is 6.54. The van der Waals surface area contributed by atoms with E-state index in [4.69, 9.17) is 13.9 Å². The molecule has 1 saturated heterocycles. The van der Waals surface area contributed by atoms with Gasteiger partial charge in [0, 0.05) is 41.2 Å². The molecule has 4 rings (SSSR count). The number of nitrogens with zero attached hydrogens (tertiary/aromatic N) is 1. The Morgan fingerprint density at radius 2 is 1.78 bits per heavy atom. The van der Waals surface area contributed by atoms with E-state index in [0.717, 1.165) is 76.2 Å². The number of carbonyl (C=O) groups excluding carboxylic acids is 1. The van der Waals surface area contributed by atoms with Gasteiger partial charge in [-0.3, -0.25) is 4.79 Å². The molecule has 0 N–H and O–H groups in total. The number of rotatable bonds is 7. The molecule has 0 aliphatic carbocycles. The van der Waals surface area contributed by atoms with Crippen molar-refractivity contribution in [2.75, 3.05) is 26.3 Å². The van der Waals surface area contributed by atoms with Crippen LogP contribution < -0.4 is 9.47 Å². The first-order valence-corrected chi connectivity index (χ1v) is 11.4. The Labute approximate surface area is 189 Å². The monoisotopic (exact) mass is 433 g/mol. The zero-order valence-electron chi connectivity index (χ0n) is 19.4. The summed E-state index contributed by atoms with van der Waals surface area (Å²) in [6, 6.07) is 10.1. The summed E-state index contributed by atoms with van der Waals surface area (Å²) in [4.78, 5) is 14.7. The van der Waals surface area contributed by atoms with E-state index in [-0.39, 0.29) is 5.91 Å². The summed E-state index contributed by atoms with van der Waals surface area (Å²) in [5, 5.41) is 1.01. The van der Waals surface area contributed by atoms with Crippen LogP contribution in [0, 0.1) is 6.92 Å². The summed E-state index contributed by atoms with van der Waals surface area (Å²) in [5.41, 5.74) is 5.63. The average molecular weight is 434 g/mol. The van der Waals surface area contributed by atoms with Crippen molar-refractivity contribution in [1.29, 1.82) is 0 Å². The van der Waals surface area contributed by atoms with Crippen molar-refractivity contribution in [3.05, 3.63) is 53.8 Å². The number of carbonyl (C=O) groups is 1. The van der Waals surface area contributed by atoms with Gasteiger partial charge in [0.25, 0.3) is 0 Å². The van der Waals surface area contributed by atoms with Gasteiger partial charge >= 0.3 is 0 Å². The van der Waals surface area contributed by atoms with Crippen LogP contribution in [0.15, 0.2) is 47.1 Å². The molecule has 0 spiro atoms. The van der Waals surface area contributed by atoms with Gasteiger partial charge in [-0.05, 0) is 69.9 Å². The number of fused-ring (bicyclic) bond motifs is 1. The number of amides is 1. The molecule has 1 aliphatic rings. The van der Waals surface area contributed by atoms with Gasteiger partial charge in [-0.2, -0.15) is 0 Å². The third-order valence-corrected chi connectivity index (χ3v) is 5.99. The van der Waals surface area contributed by atoms with Crippen LogP contribution >= 0.6 is 0 Å². The molecule has 1 fully saturated rings. The van der Waals surface area contributed by atoms with Crippen molar-refractivity contribution in [2.45, 2.75) is 40.5 Å². The maximum absolute atomic E-state index is 12.7. The molecular formula is C27H31NO4. The number of furan rings is 1. The van der Waals surface area contributed by atoms with Crippen LogP contribution in [0.25, 0.3) is 27.7 Å². The smallest absolute Gasteiger partial charge is 0.246 e. The molecule has 3 aromatic rings. The van der Waals surface area contributed by atoms with Gasteiger partial charge in [0.05, 0.1) is 19.5 Å². The van der Waals surface area contributed by atoms with E-state index < -0.39 is 0 Å². The van der Waals surface area contributed by atoms with Crippen LogP contribution in [0.5, 0.6) is 11.5 Å². The maximum atomic E-state index is 12.7. The summed E-state index contributed by atoms with van der Waals surface area (Å²) in [6.07, 6.45) is 5.69. The van der Waals surface area contributed by atoms with Crippen molar-refractivity contribution in [3.8, 4) is 22.6 Å². The molecular weight excluding hydrogens is 402 g/mol. The maximum Gasteiger partial charge on any atom is 0.246 e. The lowest BCUT2D eigenvalue weighted by molar-refractivity contribution is -0.124. The highest BCUT2D eigenvalue weighted by Gasteiger charge is 2.21. The summed E-state index contributed by atoms with van der Waals surface area (Å²) in [6.45, 7) is 10.8. The number of hydrogen-bond acceptors (Lipinski definition) is 4. The SMILES string of the molecule is CCOc1ccc(-c2coc3c(C)c(OCC)c(/C(C)=C/C(=O)N4CCCC4)cc23)cc1. The van der Waals surface area contributed by atoms with Crippen molar-refractivity contribution in [3.63, 3.8) is 0 Å². The normalized spacial score (nSPS) is 14.2. The fourth-order valence-corrected chi connectivity index (χ4v) is 4.35. The Morgan fingerprint density at radius 3 is 2.44 bits per heavy atom. The first kappa shape index (κ1) is 22.0. The van der Waals surface area contributed by atoms with Crippen LogP contribution in [0.1, 0.15) is 44.7 Å². The van der Waals surface area contributed by atoms with Crippen molar-refractivity contribution >= 4 is 22.4 Å². The van der Waals surface area contributed by atoms with Crippen LogP contribution in [0.2, 0.25) is 0 Å². The molecule has 5 nitrogen and oxygen atoms in total. The lowest BCUT2D eigenvalue weighted by Crippen LogP contribution is -2.25. The summed E-state index contributed by atoms with van der Waals surface area (Å²) >= 11 is 0. The number of allylic oxidation sites excluding steroid dienone is 1. The average Bonchev–Trinajstić information content (AvgIpc) is 3.47. The molecule has 1 aliphatic heterocycles. The van der Waals surface area contributed by atoms with Gasteiger partial charge in [-0.15, -0.1) is 0 Å². The number of ether oxygens (including phenoxy) is 2. The Hall–Kier alpha value is -3.21. The molecule has 5 heteroatoms. The quantitative estimate of drug-likeness (QED) is 0.414. The summed E-state index contributed by atoms with van der Waals surface area (Å²) in [5.74, 6) is 1.69. The first-order valence-electron chi connectivity index (χ1n) is 11.4. The summed E-state index contributed by atoms with van der Waals surface area (Å²) in [7, 11) is 0. The van der Waals surface area contributed by atoms with E-state index >= 15 is 0 Å². The summed E-state index contributed by atoms with van der Waals surface area (Å²) < 4.78 is 17.6. The highest BCUT2D eigenvalue weighted by molar-refractivity contribution is 6.01. The third kappa shape index (κ3) is 4.24. The Balaban J connectivity index is 1.79. The van der Waals surface area contributed by atoms with E-state index in [0.29, 0.717) is 13.2 Å². The molecule has 2 aromatic carbocycles. The largest absolute Gasteiger partial charge is 0.494 e. The molecule has 0 unspecified atom stereocenters. The highest BCUT2D eigenvalue weighted by Crippen LogP contribution is 2.41. The molecule has 1 amide bonds. The molecule has 0 atom stereocenters. The second-order valence-electron chi connectivity index (χ2n) is 8.15. The van der Waals surface area contributed by atoms with Crippen molar-refractivity contribution < 1.29 is 18.7 Å². The fourth-order valence-electron chi connectivity index (χ4n) is 4.35. The standard InChI is InChI=1S/C27H31NO4/c1-5-30-21-11-9-20(10-12-21)24-17-32-27-19(4)26(31-6-2)22(16-23(24)27)18(3)15-25(29)28-13-7-8-14-28/h9-12,15-17H,5-8,13-14H2,1-4H3/b18-15+. The third-order valence-electron chi connectivity index (χ3n) is 5.99. The van der Waals surface area contributed by atoms with Crippen LogP contribution in [-0.4, -0.2) is 37.1 Å². The van der Waals surface area contributed by atoms with Crippen LogP contribution in [0.4, 0.5) is 0 Å². The van der Waals surface area contributed by atoms with Gasteiger partial charge in [-0.25, -0.2) is 0 Å².